The van der Waals surface area contributed by atoms with Gasteiger partial charge in [-0.1, -0.05) is 18.2 Å². The van der Waals surface area contributed by atoms with Gasteiger partial charge in [0.05, 0.1) is 24.2 Å². The van der Waals surface area contributed by atoms with Crippen molar-refractivity contribution in [3.05, 3.63) is 73.0 Å². The molecule has 32 heavy (non-hydrogen) atoms. The second kappa shape index (κ2) is 8.29. The van der Waals surface area contributed by atoms with E-state index < -0.39 is 11.5 Å². The van der Waals surface area contributed by atoms with Gasteiger partial charge in [0.1, 0.15) is 6.61 Å². The van der Waals surface area contributed by atoms with Crippen LogP contribution in [0.25, 0.3) is 15.7 Å². The van der Waals surface area contributed by atoms with Crippen LogP contribution in [0.3, 0.4) is 0 Å². The first-order chi connectivity index (χ1) is 15.6. The van der Waals surface area contributed by atoms with Gasteiger partial charge >= 0.3 is 5.97 Å². The van der Waals surface area contributed by atoms with Crippen LogP contribution in [0.1, 0.15) is 39.6 Å². The first-order valence-corrected chi connectivity index (χ1v) is 11.2. The molecule has 164 valence electrons. The van der Waals surface area contributed by atoms with E-state index in [1.54, 1.807) is 28.7 Å². The second-order valence-corrected chi connectivity index (χ2v) is 8.67. The molecule has 0 saturated heterocycles. The number of thiazole rings is 1. The Labute approximate surface area is 185 Å². The van der Waals surface area contributed by atoms with E-state index in [4.69, 9.17) is 4.74 Å². The maximum absolute atomic E-state index is 12.8. The van der Waals surface area contributed by atoms with Gasteiger partial charge in [0.15, 0.2) is 10.7 Å². The molecule has 3 aromatic heterocycles. The second-order valence-electron chi connectivity index (χ2n) is 7.60. The molecule has 1 aromatic carbocycles. The van der Waals surface area contributed by atoms with Gasteiger partial charge < -0.3 is 9.84 Å². The van der Waals surface area contributed by atoms with Crippen molar-refractivity contribution in [3.8, 4) is 0 Å². The molecule has 1 aliphatic rings. The van der Waals surface area contributed by atoms with Crippen molar-refractivity contribution < 1.29 is 14.6 Å². The number of rotatable bonds is 5. The maximum atomic E-state index is 12.8. The Kier molecular flexibility index (Phi) is 5.32. The van der Waals surface area contributed by atoms with Crippen LogP contribution in [0.2, 0.25) is 0 Å². The number of esters is 1. The molecule has 0 radical (unpaired) electrons. The van der Waals surface area contributed by atoms with Crippen LogP contribution >= 0.6 is 11.3 Å². The summed E-state index contributed by atoms with van der Waals surface area (Å²) in [6.07, 6.45) is 3.99. The molecule has 0 unspecified atom stereocenters. The van der Waals surface area contributed by atoms with E-state index in [0.717, 1.165) is 36.1 Å². The van der Waals surface area contributed by atoms with Gasteiger partial charge in [-0.3, -0.25) is 14.0 Å². The molecule has 0 fully saturated rings. The quantitative estimate of drug-likeness (QED) is 0.458. The van der Waals surface area contributed by atoms with E-state index in [0.29, 0.717) is 21.4 Å². The number of hydrogen-bond donors (Lipinski definition) is 1. The van der Waals surface area contributed by atoms with Gasteiger partial charge in [-0.05, 0) is 31.7 Å². The maximum Gasteiger partial charge on any atom is 0.359 e. The molecule has 0 saturated carbocycles. The fourth-order valence-corrected chi connectivity index (χ4v) is 5.29. The van der Waals surface area contributed by atoms with Gasteiger partial charge in [-0.25, -0.2) is 14.5 Å². The minimum atomic E-state index is -0.736. The third kappa shape index (κ3) is 3.51. The summed E-state index contributed by atoms with van der Waals surface area (Å²) in [6, 6.07) is 8.00. The van der Waals surface area contributed by atoms with Gasteiger partial charge in [0, 0.05) is 22.0 Å². The van der Waals surface area contributed by atoms with Crippen LogP contribution in [-0.2, 0) is 30.7 Å². The molecular formula is C22H20N4O5S. The summed E-state index contributed by atoms with van der Waals surface area (Å²) < 4.78 is 8.12. The number of aliphatic hydroxyl groups excluding tert-OH is 1. The predicted octanol–water partition coefficient (Wildman–Crippen LogP) is 1.69. The Bertz CT molecular complexity index is 1470. The summed E-state index contributed by atoms with van der Waals surface area (Å²) in [6.45, 7) is -0.525. The average molecular weight is 452 g/mol. The minimum absolute atomic E-state index is 0.0296. The van der Waals surface area contributed by atoms with E-state index in [1.807, 2.05) is 0 Å². The van der Waals surface area contributed by atoms with Crippen molar-refractivity contribution in [1.82, 2.24) is 19.2 Å². The molecule has 1 aliphatic carbocycles. The molecule has 5 rings (SSSR count). The molecule has 4 aromatic rings. The van der Waals surface area contributed by atoms with Gasteiger partial charge in [-0.15, -0.1) is 11.3 Å². The Morgan fingerprint density at radius 3 is 2.75 bits per heavy atom. The van der Waals surface area contributed by atoms with E-state index >= 15 is 0 Å². The summed E-state index contributed by atoms with van der Waals surface area (Å²) in [7, 11) is 0. The van der Waals surface area contributed by atoms with Crippen LogP contribution in [0.15, 0.2) is 39.9 Å². The average Bonchev–Trinajstić information content (AvgIpc) is 3.18. The molecule has 0 aliphatic heterocycles. The molecule has 0 amide bonds. The lowest BCUT2D eigenvalue weighted by Crippen LogP contribution is -2.27. The summed E-state index contributed by atoms with van der Waals surface area (Å²) in [5, 5.41) is 14.0. The van der Waals surface area contributed by atoms with Crippen molar-refractivity contribution >= 4 is 33.0 Å². The lowest BCUT2D eigenvalue weighted by molar-refractivity contribution is 0.0460. The van der Waals surface area contributed by atoms with Crippen LogP contribution in [0, 0.1) is 0 Å². The Morgan fingerprint density at radius 1 is 1.16 bits per heavy atom. The molecule has 9 nitrogen and oxygen atoms in total. The molecule has 3 heterocycles. The van der Waals surface area contributed by atoms with Gasteiger partial charge in [0.25, 0.3) is 11.1 Å². The van der Waals surface area contributed by atoms with Crippen molar-refractivity contribution in [2.45, 2.75) is 38.8 Å². The molecule has 0 atom stereocenters. The number of carbonyl (C=O) groups excluding carboxylic acids is 1. The standard InChI is InChI=1S/C22H20N4O5S/c27-10-9-25-20(29)15-6-2-1-5-14(15)19(24-25)21(30)31-12-13-11-18(28)26-16-7-3-4-8-17(16)32-22(26)23-13/h1-2,5-6,11,27H,3-4,7-10,12H2. The third-order valence-corrected chi connectivity index (χ3v) is 6.68. The summed E-state index contributed by atoms with van der Waals surface area (Å²) in [5.41, 5.74) is 0.792. The highest BCUT2D eigenvalue weighted by Gasteiger charge is 2.20. The zero-order chi connectivity index (χ0) is 22.2. The van der Waals surface area contributed by atoms with Gasteiger partial charge in [0.2, 0.25) is 0 Å². The molecule has 0 bridgehead atoms. The lowest BCUT2D eigenvalue weighted by Gasteiger charge is -2.11. The SMILES string of the molecule is O=C(OCc1cc(=O)n2c3c(sc2n1)CCCC3)c1nn(CCO)c(=O)c2ccccc12. The zero-order valence-electron chi connectivity index (χ0n) is 17.1. The number of aromatic nitrogens is 4. The summed E-state index contributed by atoms with van der Waals surface area (Å²) in [4.78, 5) is 44.4. The Morgan fingerprint density at radius 2 is 1.94 bits per heavy atom. The number of carbonyl (C=O) groups is 1. The number of aliphatic hydroxyl groups is 1. The van der Waals surface area contributed by atoms with Crippen LogP contribution in [0.5, 0.6) is 0 Å². The third-order valence-electron chi connectivity index (χ3n) is 5.54. The van der Waals surface area contributed by atoms with Crippen molar-refractivity contribution in [1.29, 1.82) is 0 Å². The Balaban J connectivity index is 1.46. The largest absolute Gasteiger partial charge is 0.454 e. The lowest BCUT2D eigenvalue weighted by atomic mass is 10.0. The fourth-order valence-electron chi connectivity index (χ4n) is 4.06. The Hall–Kier alpha value is -3.37. The van der Waals surface area contributed by atoms with E-state index in [9.17, 15) is 19.5 Å². The fraction of sp³-hybridized carbons (Fsp3) is 0.318. The number of aryl methyl sites for hydroxylation is 2. The smallest absolute Gasteiger partial charge is 0.359 e. The highest BCUT2D eigenvalue weighted by atomic mass is 32.1. The minimum Gasteiger partial charge on any atom is -0.454 e. The monoisotopic (exact) mass is 452 g/mol. The highest BCUT2D eigenvalue weighted by Crippen LogP contribution is 2.28. The van der Waals surface area contributed by atoms with E-state index in [-0.39, 0.29) is 31.0 Å². The summed E-state index contributed by atoms with van der Waals surface area (Å²) >= 11 is 1.51. The molecule has 0 spiro atoms. The van der Waals surface area contributed by atoms with Crippen LogP contribution < -0.4 is 11.1 Å². The topological polar surface area (TPSA) is 116 Å². The molecular weight excluding hydrogens is 432 g/mol. The van der Waals surface area contributed by atoms with Crippen molar-refractivity contribution in [2.75, 3.05) is 6.61 Å². The summed E-state index contributed by atoms with van der Waals surface area (Å²) in [5.74, 6) is -0.736. The number of hydrogen-bond acceptors (Lipinski definition) is 8. The van der Waals surface area contributed by atoms with Crippen LogP contribution in [0.4, 0.5) is 0 Å². The van der Waals surface area contributed by atoms with E-state index in [2.05, 4.69) is 10.1 Å². The van der Waals surface area contributed by atoms with Crippen molar-refractivity contribution in [3.63, 3.8) is 0 Å². The first-order valence-electron chi connectivity index (χ1n) is 10.4. The van der Waals surface area contributed by atoms with Crippen LogP contribution in [-0.4, -0.2) is 36.8 Å². The first kappa shape index (κ1) is 20.5. The molecule has 1 N–H and O–H groups in total. The molecule has 10 heteroatoms. The van der Waals surface area contributed by atoms with Gasteiger partial charge in [-0.2, -0.15) is 5.10 Å². The number of benzene rings is 1. The predicted molar refractivity (Wildman–Crippen MR) is 118 cm³/mol. The normalized spacial score (nSPS) is 13.4. The number of ether oxygens (including phenoxy) is 1. The number of nitrogens with zero attached hydrogens (tertiary/aromatic N) is 4. The number of fused-ring (bicyclic) bond motifs is 4. The highest BCUT2D eigenvalue weighted by molar-refractivity contribution is 7.17. The van der Waals surface area contributed by atoms with E-state index in [1.165, 1.54) is 22.3 Å². The zero-order valence-corrected chi connectivity index (χ0v) is 17.9. The van der Waals surface area contributed by atoms with Crippen molar-refractivity contribution in [2.24, 2.45) is 0 Å².